The third-order valence-corrected chi connectivity index (χ3v) is 2.61. The molecule has 0 aliphatic rings. The second-order valence-electron chi connectivity index (χ2n) is 3.16. The fraction of sp³-hybridized carbons (Fsp3) is 0.333. The maximum Gasteiger partial charge on any atom is 0.0373 e. The zero-order valence-corrected chi connectivity index (χ0v) is 10.1. The Bertz CT molecular complexity index is 307. The summed E-state index contributed by atoms with van der Waals surface area (Å²) >= 11 is 3.47. The molecule has 1 nitrogen and oxygen atoms in total. The standard InChI is InChI=1S/C12H16BrN/c1-3-5-8-14-12-7-6-11(13)9-10(12)4-2/h3,6-7,9,14H,1,4-5,8H2,2H3. The molecule has 0 spiro atoms. The van der Waals surface area contributed by atoms with Crippen molar-refractivity contribution in [3.05, 3.63) is 40.9 Å². The topological polar surface area (TPSA) is 12.0 Å². The largest absolute Gasteiger partial charge is 0.385 e. The van der Waals surface area contributed by atoms with Gasteiger partial charge in [-0.25, -0.2) is 0 Å². The summed E-state index contributed by atoms with van der Waals surface area (Å²) < 4.78 is 1.14. The highest BCUT2D eigenvalue weighted by Crippen LogP contribution is 2.21. The van der Waals surface area contributed by atoms with E-state index < -0.39 is 0 Å². The molecule has 0 amide bonds. The predicted octanol–water partition coefficient (Wildman–Crippen LogP) is 4.00. The molecule has 0 aliphatic heterocycles. The van der Waals surface area contributed by atoms with Gasteiger partial charge < -0.3 is 5.32 Å². The van der Waals surface area contributed by atoms with E-state index >= 15 is 0 Å². The van der Waals surface area contributed by atoms with E-state index in [1.807, 2.05) is 6.08 Å². The monoisotopic (exact) mass is 253 g/mol. The zero-order valence-electron chi connectivity index (χ0n) is 8.52. The van der Waals surface area contributed by atoms with Crippen LogP contribution in [-0.2, 0) is 6.42 Å². The first kappa shape index (κ1) is 11.3. The summed E-state index contributed by atoms with van der Waals surface area (Å²) in [5.41, 5.74) is 2.58. The molecule has 0 fully saturated rings. The number of nitrogens with one attached hydrogen (secondary N) is 1. The number of hydrogen-bond acceptors (Lipinski definition) is 1. The van der Waals surface area contributed by atoms with Crippen molar-refractivity contribution in [1.29, 1.82) is 0 Å². The SMILES string of the molecule is C=CCCNc1ccc(Br)cc1CC. The predicted molar refractivity (Wildman–Crippen MR) is 66.8 cm³/mol. The van der Waals surface area contributed by atoms with Crippen molar-refractivity contribution in [1.82, 2.24) is 0 Å². The molecule has 76 valence electrons. The Morgan fingerprint density at radius 1 is 1.50 bits per heavy atom. The van der Waals surface area contributed by atoms with Gasteiger partial charge in [0.1, 0.15) is 0 Å². The fourth-order valence-electron chi connectivity index (χ4n) is 1.34. The lowest BCUT2D eigenvalue weighted by Crippen LogP contribution is -2.02. The molecule has 0 aliphatic carbocycles. The summed E-state index contributed by atoms with van der Waals surface area (Å²) in [6.45, 7) is 6.82. The van der Waals surface area contributed by atoms with Crippen molar-refractivity contribution >= 4 is 21.6 Å². The van der Waals surface area contributed by atoms with E-state index in [2.05, 4.69) is 52.9 Å². The van der Waals surface area contributed by atoms with Crippen LogP contribution in [0, 0.1) is 0 Å². The molecule has 0 radical (unpaired) electrons. The molecular formula is C12H16BrN. The van der Waals surface area contributed by atoms with Gasteiger partial charge in [-0.3, -0.25) is 0 Å². The second kappa shape index (κ2) is 5.86. The van der Waals surface area contributed by atoms with E-state index in [4.69, 9.17) is 0 Å². The van der Waals surface area contributed by atoms with E-state index in [0.717, 1.165) is 23.9 Å². The number of halogens is 1. The second-order valence-corrected chi connectivity index (χ2v) is 4.07. The Morgan fingerprint density at radius 3 is 2.93 bits per heavy atom. The van der Waals surface area contributed by atoms with Gasteiger partial charge in [0.15, 0.2) is 0 Å². The minimum atomic E-state index is 0.956. The van der Waals surface area contributed by atoms with E-state index in [1.165, 1.54) is 11.3 Å². The van der Waals surface area contributed by atoms with Crippen molar-refractivity contribution < 1.29 is 0 Å². The van der Waals surface area contributed by atoms with Crippen LogP contribution >= 0.6 is 15.9 Å². The average molecular weight is 254 g/mol. The average Bonchev–Trinajstić information content (AvgIpc) is 2.20. The molecule has 1 rings (SSSR count). The van der Waals surface area contributed by atoms with Crippen molar-refractivity contribution in [2.75, 3.05) is 11.9 Å². The first-order chi connectivity index (χ1) is 6.77. The molecule has 0 saturated carbocycles. The molecular weight excluding hydrogens is 238 g/mol. The Morgan fingerprint density at radius 2 is 2.29 bits per heavy atom. The Balaban J connectivity index is 2.69. The van der Waals surface area contributed by atoms with Gasteiger partial charge in [-0.05, 0) is 36.6 Å². The van der Waals surface area contributed by atoms with Gasteiger partial charge in [0, 0.05) is 16.7 Å². The molecule has 0 saturated heterocycles. The highest BCUT2D eigenvalue weighted by Gasteiger charge is 1.99. The molecule has 0 unspecified atom stereocenters. The summed E-state index contributed by atoms with van der Waals surface area (Å²) in [5, 5.41) is 3.40. The van der Waals surface area contributed by atoms with E-state index in [-0.39, 0.29) is 0 Å². The third-order valence-electron chi connectivity index (χ3n) is 2.11. The minimum Gasteiger partial charge on any atom is -0.385 e. The summed E-state index contributed by atoms with van der Waals surface area (Å²) in [5.74, 6) is 0. The summed E-state index contributed by atoms with van der Waals surface area (Å²) in [6, 6.07) is 6.34. The van der Waals surface area contributed by atoms with Crippen molar-refractivity contribution in [2.24, 2.45) is 0 Å². The van der Waals surface area contributed by atoms with Crippen molar-refractivity contribution in [3.8, 4) is 0 Å². The summed E-state index contributed by atoms with van der Waals surface area (Å²) in [7, 11) is 0. The highest BCUT2D eigenvalue weighted by molar-refractivity contribution is 9.10. The van der Waals surface area contributed by atoms with Crippen LogP contribution in [0.25, 0.3) is 0 Å². The number of benzene rings is 1. The Hall–Kier alpha value is -0.760. The molecule has 0 heterocycles. The fourth-order valence-corrected chi connectivity index (χ4v) is 1.74. The van der Waals surface area contributed by atoms with Gasteiger partial charge in [-0.1, -0.05) is 28.9 Å². The minimum absolute atomic E-state index is 0.956. The van der Waals surface area contributed by atoms with Crippen molar-refractivity contribution in [3.63, 3.8) is 0 Å². The highest BCUT2D eigenvalue weighted by atomic mass is 79.9. The lowest BCUT2D eigenvalue weighted by atomic mass is 10.1. The summed E-state index contributed by atoms with van der Waals surface area (Å²) in [6.07, 6.45) is 3.98. The van der Waals surface area contributed by atoms with Gasteiger partial charge in [0.05, 0.1) is 0 Å². The molecule has 0 aromatic heterocycles. The van der Waals surface area contributed by atoms with Crippen LogP contribution in [-0.4, -0.2) is 6.54 Å². The van der Waals surface area contributed by atoms with E-state index in [9.17, 15) is 0 Å². The number of anilines is 1. The third kappa shape index (κ3) is 3.18. The lowest BCUT2D eigenvalue weighted by Gasteiger charge is -2.10. The molecule has 0 atom stereocenters. The molecule has 1 aromatic rings. The van der Waals surface area contributed by atoms with Crippen LogP contribution in [0.3, 0.4) is 0 Å². The van der Waals surface area contributed by atoms with Gasteiger partial charge in [-0.2, -0.15) is 0 Å². The van der Waals surface area contributed by atoms with Crippen LogP contribution in [0.5, 0.6) is 0 Å². The molecule has 2 heteroatoms. The number of rotatable bonds is 5. The van der Waals surface area contributed by atoms with Crippen LogP contribution in [0.4, 0.5) is 5.69 Å². The molecule has 1 N–H and O–H groups in total. The number of aryl methyl sites for hydroxylation is 1. The van der Waals surface area contributed by atoms with Gasteiger partial charge in [-0.15, -0.1) is 6.58 Å². The van der Waals surface area contributed by atoms with Crippen molar-refractivity contribution in [2.45, 2.75) is 19.8 Å². The Kier molecular flexibility index (Phi) is 4.74. The van der Waals surface area contributed by atoms with Crippen LogP contribution in [0.2, 0.25) is 0 Å². The number of hydrogen-bond donors (Lipinski definition) is 1. The first-order valence-corrected chi connectivity index (χ1v) is 5.70. The van der Waals surface area contributed by atoms with E-state index in [0.29, 0.717) is 0 Å². The van der Waals surface area contributed by atoms with Gasteiger partial charge >= 0.3 is 0 Å². The smallest absolute Gasteiger partial charge is 0.0373 e. The van der Waals surface area contributed by atoms with Gasteiger partial charge in [0.25, 0.3) is 0 Å². The quantitative estimate of drug-likeness (QED) is 0.618. The van der Waals surface area contributed by atoms with Crippen LogP contribution in [0.1, 0.15) is 18.9 Å². The molecule has 1 aromatic carbocycles. The van der Waals surface area contributed by atoms with Gasteiger partial charge in [0.2, 0.25) is 0 Å². The maximum atomic E-state index is 3.70. The maximum absolute atomic E-state index is 3.70. The first-order valence-electron chi connectivity index (χ1n) is 4.91. The summed E-state index contributed by atoms with van der Waals surface area (Å²) in [4.78, 5) is 0. The normalized spacial score (nSPS) is 9.86. The molecule has 0 bridgehead atoms. The lowest BCUT2D eigenvalue weighted by molar-refractivity contribution is 1.05. The van der Waals surface area contributed by atoms with E-state index in [1.54, 1.807) is 0 Å². The molecule has 14 heavy (non-hydrogen) atoms. The van der Waals surface area contributed by atoms with Crippen LogP contribution in [0.15, 0.2) is 35.3 Å². The Labute approximate surface area is 94.3 Å². The zero-order chi connectivity index (χ0) is 10.4. The van der Waals surface area contributed by atoms with Crippen LogP contribution < -0.4 is 5.32 Å².